The van der Waals surface area contributed by atoms with E-state index in [0.29, 0.717) is 5.82 Å². The lowest BCUT2D eigenvalue weighted by atomic mass is 9.98. The molecule has 0 saturated carbocycles. The zero-order valence-corrected chi connectivity index (χ0v) is 17.9. The fourth-order valence-electron chi connectivity index (χ4n) is 4.10. The molecule has 0 bridgehead atoms. The van der Waals surface area contributed by atoms with Gasteiger partial charge >= 0.3 is 0 Å². The average molecular weight is 425 g/mol. The molecule has 0 aliphatic carbocycles. The number of nitrogens with zero attached hydrogens (tertiary/aromatic N) is 2. The number of rotatable bonds is 5. The minimum absolute atomic E-state index is 0.0171. The summed E-state index contributed by atoms with van der Waals surface area (Å²) in [5, 5.41) is 9.18. The van der Waals surface area contributed by atoms with E-state index in [1.165, 1.54) is 0 Å². The maximum absolute atomic E-state index is 6.25. The van der Waals surface area contributed by atoms with Crippen molar-refractivity contribution in [2.75, 3.05) is 19.9 Å². The highest BCUT2D eigenvalue weighted by Crippen LogP contribution is 2.32. The SMILES string of the molecule is COc1ccc(C2C=c3[nH]nc(N)c3=C(c3ccc(Oc4ccccc4)cc3)N2C)cc1. The summed E-state index contributed by atoms with van der Waals surface area (Å²) < 4.78 is 11.3. The predicted molar refractivity (Wildman–Crippen MR) is 126 cm³/mol. The smallest absolute Gasteiger partial charge is 0.155 e. The molecule has 6 heteroatoms. The highest BCUT2D eigenvalue weighted by Gasteiger charge is 2.25. The third-order valence-electron chi connectivity index (χ3n) is 5.72. The van der Waals surface area contributed by atoms with Crippen LogP contribution in [0.3, 0.4) is 0 Å². The van der Waals surface area contributed by atoms with E-state index < -0.39 is 0 Å². The number of aromatic amines is 1. The molecular formula is C26H24N4O2. The first-order chi connectivity index (χ1) is 15.6. The first-order valence-electron chi connectivity index (χ1n) is 10.4. The summed E-state index contributed by atoms with van der Waals surface area (Å²) in [5.41, 5.74) is 9.45. The molecule has 0 saturated heterocycles. The van der Waals surface area contributed by atoms with E-state index in [1.54, 1.807) is 7.11 Å². The molecule has 1 aliphatic heterocycles. The Kier molecular flexibility index (Phi) is 5.03. The predicted octanol–water partition coefficient (Wildman–Crippen LogP) is 3.42. The maximum atomic E-state index is 6.25. The average Bonchev–Trinajstić information content (AvgIpc) is 3.20. The van der Waals surface area contributed by atoms with Gasteiger partial charge in [-0.2, -0.15) is 5.10 Å². The van der Waals surface area contributed by atoms with E-state index in [2.05, 4.69) is 52.5 Å². The van der Waals surface area contributed by atoms with E-state index in [1.807, 2.05) is 54.6 Å². The van der Waals surface area contributed by atoms with E-state index >= 15 is 0 Å². The molecule has 0 amide bonds. The number of methoxy groups -OCH3 is 1. The fraction of sp³-hybridized carbons (Fsp3) is 0.115. The Hall–Kier alpha value is -4.19. The second-order valence-corrected chi connectivity index (χ2v) is 7.68. The van der Waals surface area contributed by atoms with Gasteiger partial charge < -0.3 is 20.1 Å². The normalized spacial score (nSPS) is 15.1. The number of anilines is 1. The van der Waals surface area contributed by atoms with Crippen LogP contribution in [-0.2, 0) is 0 Å². The van der Waals surface area contributed by atoms with Crippen molar-refractivity contribution in [3.63, 3.8) is 0 Å². The third-order valence-corrected chi connectivity index (χ3v) is 5.72. The number of fused-ring (bicyclic) bond motifs is 1. The Labute approximate surface area is 186 Å². The standard InChI is InChI=1S/C26H24N4O2/c1-30-23(17-8-12-19(31-2)13-9-17)16-22-24(26(27)29-28-22)25(30)18-10-14-21(15-11-18)32-20-6-4-3-5-7-20/h3-16,23,28H,1-2H3,(H2,27,29). The molecule has 5 rings (SSSR count). The molecule has 1 aliphatic rings. The third kappa shape index (κ3) is 3.56. The van der Waals surface area contributed by atoms with Crippen LogP contribution in [0.25, 0.3) is 11.8 Å². The van der Waals surface area contributed by atoms with Gasteiger partial charge in [-0.1, -0.05) is 30.3 Å². The second kappa shape index (κ2) is 8.15. The lowest BCUT2D eigenvalue weighted by Crippen LogP contribution is -2.40. The molecule has 1 aromatic heterocycles. The van der Waals surface area contributed by atoms with Crippen LogP contribution in [0.15, 0.2) is 78.9 Å². The van der Waals surface area contributed by atoms with Gasteiger partial charge in [0.15, 0.2) is 5.82 Å². The van der Waals surface area contributed by atoms with Crippen LogP contribution in [0.5, 0.6) is 17.2 Å². The van der Waals surface area contributed by atoms with Gasteiger partial charge in [-0.25, -0.2) is 0 Å². The number of para-hydroxylation sites is 1. The summed E-state index contributed by atoms with van der Waals surface area (Å²) in [6, 6.07) is 25.9. The first-order valence-corrected chi connectivity index (χ1v) is 10.4. The van der Waals surface area contributed by atoms with Crippen molar-refractivity contribution in [1.82, 2.24) is 15.1 Å². The van der Waals surface area contributed by atoms with Crippen molar-refractivity contribution < 1.29 is 9.47 Å². The van der Waals surface area contributed by atoms with Crippen molar-refractivity contribution in [3.05, 3.63) is 101 Å². The number of nitrogen functional groups attached to an aromatic ring is 1. The molecule has 160 valence electrons. The van der Waals surface area contributed by atoms with Crippen LogP contribution in [-0.4, -0.2) is 29.3 Å². The highest BCUT2D eigenvalue weighted by atomic mass is 16.5. The quantitative estimate of drug-likeness (QED) is 0.513. The van der Waals surface area contributed by atoms with Crippen molar-refractivity contribution in [2.24, 2.45) is 0 Å². The number of H-pyrrole nitrogens is 1. The van der Waals surface area contributed by atoms with Gasteiger partial charge in [0, 0.05) is 7.05 Å². The molecular weight excluding hydrogens is 400 g/mol. The number of hydrogen-bond donors (Lipinski definition) is 2. The summed E-state index contributed by atoms with van der Waals surface area (Å²) in [4.78, 5) is 2.23. The van der Waals surface area contributed by atoms with E-state index in [4.69, 9.17) is 15.2 Å². The largest absolute Gasteiger partial charge is 0.497 e. The Bertz CT molecular complexity index is 1340. The fourth-order valence-corrected chi connectivity index (χ4v) is 4.10. The summed E-state index contributed by atoms with van der Waals surface area (Å²) in [7, 11) is 3.75. The minimum Gasteiger partial charge on any atom is -0.497 e. The van der Waals surface area contributed by atoms with Crippen LogP contribution in [0.1, 0.15) is 17.2 Å². The summed E-state index contributed by atoms with van der Waals surface area (Å²) in [6.45, 7) is 0. The van der Waals surface area contributed by atoms with E-state index in [-0.39, 0.29) is 6.04 Å². The molecule has 0 fully saturated rings. The zero-order valence-electron chi connectivity index (χ0n) is 17.9. The Morgan fingerprint density at radius 2 is 1.53 bits per heavy atom. The van der Waals surface area contributed by atoms with Crippen molar-refractivity contribution in [3.8, 4) is 17.2 Å². The summed E-state index contributed by atoms with van der Waals surface area (Å²) in [6.07, 6.45) is 2.15. The molecule has 2 heterocycles. The topological polar surface area (TPSA) is 76.4 Å². The number of aromatic nitrogens is 2. The molecule has 32 heavy (non-hydrogen) atoms. The number of nitrogens with two attached hydrogens (primary N) is 1. The van der Waals surface area contributed by atoms with E-state index in [9.17, 15) is 0 Å². The van der Waals surface area contributed by atoms with Gasteiger partial charge in [0.1, 0.15) is 17.2 Å². The molecule has 0 radical (unpaired) electrons. The van der Waals surface area contributed by atoms with Crippen molar-refractivity contribution in [2.45, 2.75) is 6.04 Å². The van der Waals surface area contributed by atoms with Gasteiger partial charge in [-0.3, -0.25) is 5.10 Å². The van der Waals surface area contributed by atoms with Gasteiger partial charge in [-0.15, -0.1) is 0 Å². The number of ether oxygens (including phenoxy) is 2. The molecule has 1 atom stereocenters. The van der Waals surface area contributed by atoms with Gasteiger partial charge in [0.25, 0.3) is 0 Å². The Morgan fingerprint density at radius 3 is 2.22 bits per heavy atom. The number of benzene rings is 3. The summed E-state index contributed by atoms with van der Waals surface area (Å²) in [5.74, 6) is 2.89. The second-order valence-electron chi connectivity index (χ2n) is 7.68. The molecule has 3 aromatic carbocycles. The summed E-state index contributed by atoms with van der Waals surface area (Å²) >= 11 is 0. The van der Waals surface area contributed by atoms with E-state index in [0.717, 1.165) is 44.6 Å². The van der Waals surface area contributed by atoms with Crippen LogP contribution in [0.2, 0.25) is 0 Å². The Morgan fingerprint density at radius 1 is 0.875 bits per heavy atom. The molecule has 1 unspecified atom stereocenters. The van der Waals surface area contributed by atoms with Gasteiger partial charge in [0.2, 0.25) is 0 Å². The highest BCUT2D eigenvalue weighted by molar-refractivity contribution is 5.71. The number of hydrogen-bond acceptors (Lipinski definition) is 5. The lowest BCUT2D eigenvalue weighted by Gasteiger charge is -2.32. The molecule has 0 spiro atoms. The van der Waals surface area contributed by atoms with Crippen LogP contribution < -0.4 is 25.8 Å². The Balaban J connectivity index is 1.54. The van der Waals surface area contributed by atoms with Crippen LogP contribution in [0, 0.1) is 0 Å². The minimum atomic E-state index is 0.0171. The van der Waals surface area contributed by atoms with Gasteiger partial charge in [0.05, 0.1) is 29.4 Å². The van der Waals surface area contributed by atoms with Crippen molar-refractivity contribution >= 4 is 17.6 Å². The monoisotopic (exact) mass is 424 g/mol. The van der Waals surface area contributed by atoms with Gasteiger partial charge in [-0.05, 0) is 65.7 Å². The van der Waals surface area contributed by atoms with Crippen LogP contribution >= 0.6 is 0 Å². The molecule has 3 N–H and O–H groups in total. The van der Waals surface area contributed by atoms with Crippen molar-refractivity contribution in [1.29, 1.82) is 0 Å². The lowest BCUT2D eigenvalue weighted by molar-refractivity contribution is 0.411. The first kappa shape index (κ1) is 19.8. The zero-order chi connectivity index (χ0) is 22.1. The molecule has 6 nitrogen and oxygen atoms in total. The number of nitrogens with one attached hydrogen (secondary N) is 1. The maximum Gasteiger partial charge on any atom is 0.155 e. The van der Waals surface area contributed by atoms with Crippen LogP contribution in [0.4, 0.5) is 5.82 Å². The molecule has 4 aromatic rings.